The molecular weight excluding hydrogens is 383 g/mol. The summed E-state index contributed by atoms with van der Waals surface area (Å²) in [4.78, 5) is 20.3. The topological polar surface area (TPSA) is 86.7 Å². The van der Waals surface area contributed by atoms with Crippen molar-refractivity contribution < 1.29 is 18.0 Å². The van der Waals surface area contributed by atoms with Crippen LogP contribution in [-0.2, 0) is 12.6 Å². The van der Waals surface area contributed by atoms with Crippen LogP contribution in [0.3, 0.4) is 0 Å². The van der Waals surface area contributed by atoms with Gasteiger partial charge in [-0.25, -0.2) is 14.6 Å². The summed E-state index contributed by atoms with van der Waals surface area (Å²) in [6.45, 7) is 0. The van der Waals surface area contributed by atoms with Gasteiger partial charge in [-0.05, 0) is 74.2 Å². The van der Waals surface area contributed by atoms with Gasteiger partial charge in [0.2, 0.25) is 0 Å². The summed E-state index contributed by atoms with van der Waals surface area (Å²) in [7, 11) is 0. The van der Waals surface area contributed by atoms with E-state index in [1.54, 1.807) is 6.07 Å². The van der Waals surface area contributed by atoms with Crippen molar-refractivity contribution in [3.63, 3.8) is 0 Å². The molecule has 4 aliphatic carbocycles. The van der Waals surface area contributed by atoms with E-state index in [1.807, 2.05) is 0 Å². The molecule has 0 unspecified atom stereocenters. The average molecular weight is 405 g/mol. The Bertz CT molecular complexity index is 918. The van der Waals surface area contributed by atoms with Gasteiger partial charge in [0.25, 0.3) is 11.9 Å². The van der Waals surface area contributed by atoms with Crippen molar-refractivity contribution >= 4 is 5.91 Å². The van der Waals surface area contributed by atoms with Gasteiger partial charge in [0.1, 0.15) is 0 Å². The molecule has 0 radical (unpaired) electrons. The van der Waals surface area contributed by atoms with E-state index in [0.29, 0.717) is 24.2 Å². The minimum atomic E-state index is -4.79. The van der Waals surface area contributed by atoms with Crippen LogP contribution < -0.4 is 5.73 Å². The molecule has 1 amide bonds. The second kappa shape index (κ2) is 6.27. The Balaban J connectivity index is 1.65. The maximum atomic E-state index is 13.7. The van der Waals surface area contributed by atoms with Crippen LogP contribution in [0.1, 0.15) is 60.3 Å². The largest absolute Gasteiger partial charge is 0.436 e. The molecule has 0 spiro atoms. The van der Waals surface area contributed by atoms with Gasteiger partial charge in [-0.1, -0.05) is 0 Å². The first kappa shape index (κ1) is 18.6. The van der Waals surface area contributed by atoms with Crippen LogP contribution in [0.25, 0.3) is 5.95 Å². The lowest BCUT2D eigenvalue weighted by atomic mass is 9.48. The molecule has 2 heterocycles. The zero-order valence-corrected chi connectivity index (χ0v) is 15.8. The summed E-state index contributed by atoms with van der Waals surface area (Å²) in [5.41, 5.74) is 3.73. The fraction of sp³-hybridized carbons (Fsp3) is 0.600. The van der Waals surface area contributed by atoms with Gasteiger partial charge in [-0.15, -0.1) is 0 Å². The number of aromatic nitrogens is 4. The number of halogens is 3. The fourth-order valence-electron chi connectivity index (χ4n) is 6.50. The maximum Gasteiger partial charge on any atom is 0.436 e. The van der Waals surface area contributed by atoms with Gasteiger partial charge in [0.15, 0.2) is 5.69 Å². The highest BCUT2D eigenvalue weighted by Crippen LogP contribution is 2.61. The van der Waals surface area contributed by atoms with E-state index in [2.05, 4.69) is 15.1 Å². The summed E-state index contributed by atoms with van der Waals surface area (Å²) >= 11 is 0. The molecule has 9 heteroatoms. The SMILES string of the molecule is NC(=O)c1c(C(F)(F)F)nn(-c2ncccn2)c1CC12CC3CC(CC(C3)C1)C2. The van der Waals surface area contributed by atoms with Gasteiger partial charge >= 0.3 is 6.18 Å². The number of hydrogen-bond donors (Lipinski definition) is 1. The molecule has 4 fully saturated rings. The summed E-state index contributed by atoms with van der Waals surface area (Å²) < 4.78 is 42.2. The molecule has 4 aliphatic rings. The van der Waals surface area contributed by atoms with E-state index in [4.69, 9.17) is 5.73 Å². The van der Waals surface area contributed by atoms with E-state index in [9.17, 15) is 18.0 Å². The van der Waals surface area contributed by atoms with Crippen molar-refractivity contribution in [1.29, 1.82) is 0 Å². The van der Waals surface area contributed by atoms with Crippen LogP contribution >= 0.6 is 0 Å². The Labute approximate surface area is 165 Å². The number of nitrogens with zero attached hydrogens (tertiary/aromatic N) is 4. The van der Waals surface area contributed by atoms with Gasteiger partial charge in [0.05, 0.1) is 11.3 Å². The number of nitrogens with two attached hydrogens (primary N) is 1. The Kier molecular flexibility index (Phi) is 4.02. The van der Waals surface area contributed by atoms with Crippen molar-refractivity contribution in [3.8, 4) is 5.95 Å². The summed E-state index contributed by atoms with van der Waals surface area (Å²) in [6, 6.07) is 1.57. The quantitative estimate of drug-likeness (QED) is 0.843. The number of rotatable bonds is 4. The molecule has 0 atom stereocenters. The lowest BCUT2D eigenvalue weighted by Crippen LogP contribution is -2.47. The highest BCUT2D eigenvalue weighted by Gasteiger charge is 2.52. The minimum absolute atomic E-state index is 0.0187. The van der Waals surface area contributed by atoms with Gasteiger partial charge in [-0.2, -0.15) is 18.3 Å². The predicted octanol–water partition coefficient (Wildman–Crippen LogP) is 3.54. The average Bonchev–Trinajstić information content (AvgIpc) is 3.00. The predicted molar refractivity (Wildman–Crippen MR) is 97.0 cm³/mol. The minimum Gasteiger partial charge on any atom is -0.365 e. The maximum absolute atomic E-state index is 13.7. The molecule has 6 rings (SSSR count). The Morgan fingerprint density at radius 2 is 1.66 bits per heavy atom. The lowest BCUT2D eigenvalue weighted by molar-refractivity contribution is -0.141. The van der Waals surface area contributed by atoms with Crippen LogP contribution in [0.5, 0.6) is 0 Å². The van der Waals surface area contributed by atoms with Crippen LogP contribution in [0.4, 0.5) is 13.2 Å². The van der Waals surface area contributed by atoms with Crippen molar-refractivity contribution in [2.45, 2.75) is 51.1 Å². The Morgan fingerprint density at radius 1 is 1.10 bits per heavy atom. The number of alkyl halides is 3. The third-order valence-corrected chi connectivity index (χ3v) is 6.95. The molecule has 6 nitrogen and oxygen atoms in total. The smallest absolute Gasteiger partial charge is 0.365 e. The summed E-state index contributed by atoms with van der Waals surface area (Å²) in [5.74, 6) is 0.795. The number of amides is 1. The third-order valence-electron chi connectivity index (χ3n) is 6.95. The third kappa shape index (κ3) is 3.11. The first-order chi connectivity index (χ1) is 13.7. The molecule has 4 saturated carbocycles. The Morgan fingerprint density at radius 3 is 2.14 bits per heavy atom. The second-order valence-electron chi connectivity index (χ2n) is 9.09. The standard InChI is InChI=1S/C20H22F3N5O/c21-20(22,23)16-15(17(24)29)14(28(27-16)18-25-2-1-3-26-18)10-19-7-11-4-12(8-19)6-13(5-11)9-19/h1-3,11-13H,4-10H2,(H2,24,29). The molecule has 2 aromatic rings. The normalized spacial score (nSPS) is 30.7. The zero-order valence-electron chi connectivity index (χ0n) is 15.8. The first-order valence-electron chi connectivity index (χ1n) is 10.0. The monoisotopic (exact) mass is 405 g/mol. The second-order valence-corrected chi connectivity index (χ2v) is 9.09. The lowest BCUT2D eigenvalue weighted by Gasteiger charge is -2.57. The zero-order chi connectivity index (χ0) is 20.4. The number of primary amides is 1. The molecule has 0 aliphatic heterocycles. The van der Waals surface area contributed by atoms with E-state index in [-0.39, 0.29) is 17.1 Å². The van der Waals surface area contributed by atoms with E-state index < -0.39 is 23.3 Å². The van der Waals surface area contributed by atoms with Crippen molar-refractivity contribution in [3.05, 3.63) is 35.4 Å². The molecule has 2 N–H and O–H groups in total. The Hall–Kier alpha value is -2.45. The number of carbonyl (C=O) groups excluding carboxylic acids is 1. The van der Waals surface area contributed by atoms with Crippen molar-refractivity contribution in [1.82, 2.24) is 19.7 Å². The molecule has 29 heavy (non-hydrogen) atoms. The van der Waals surface area contributed by atoms with Crippen LogP contribution in [0, 0.1) is 23.2 Å². The molecular formula is C20H22F3N5O. The molecule has 154 valence electrons. The van der Waals surface area contributed by atoms with Crippen molar-refractivity contribution in [2.75, 3.05) is 0 Å². The van der Waals surface area contributed by atoms with Crippen LogP contribution in [-0.4, -0.2) is 25.7 Å². The molecule has 4 bridgehead atoms. The van der Waals surface area contributed by atoms with Crippen molar-refractivity contribution in [2.24, 2.45) is 28.9 Å². The molecule has 0 saturated heterocycles. The highest BCUT2D eigenvalue weighted by molar-refractivity contribution is 5.95. The number of carbonyl (C=O) groups is 1. The summed E-state index contributed by atoms with van der Waals surface area (Å²) in [6.07, 6.45) is 5.05. The van der Waals surface area contributed by atoms with Gasteiger partial charge in [0, 0.05) is 12.4 Å². The number of hydrogen-bond acceptors (Lipinski definition) is 4. The van der Waals surface area contributed by atoms with Crippen LogP contribution in [0.2, 0.25) is 0 Å². The van der Waals surface area contributed by atoms with Gasteiger partial charge in [-0.3, -0.25) is 4.79 Å². The van der Waals surface area contributed by atoms with E-state index in [0.717, 1.165) is 23.9 Å². The first-order valence-corrected chi connectivity index (χ1v) is 10.0. The van der Waals surface area contributed by atoms with E-state index >= 15 is 0 Å². The fourth-order valence-corrected chi connectivity index (χ4v) is 6.50. The molecule has 0 aromatic carbocycles. The highest BCUT2D eigenvalue weighted by atomic mass is 19.4. The summed E-state index contributed by atoms with van der Waals surface area (Å²) in [5, 5.41) is 3.74. The van der Waals surface area contributed by atoms with Crippen LogP contribution in [0.15, 0.2) is 18.5 Å². The van der Waals surface area contributed by atoms with Gasteiger partial charge < -0.3 is 5.73 Å². The molecule has 2 aromatic heterocycles. The van der Waals surface area contributed by atoms with E-state index in [1.165, 1.54) is 31.7 Å².